The maximum absolute atomic E-state index is 2.54. The van der Waals surface area contributed by atoms with Gasteiger partial charge in [-0.05, 0) is 0 Å². The number of rotatable bonds is 5. The van der Waals surface area contributed by atoms with Crippen molar-refractivity contribution in [3.8, 4) is 0 Å². The molecule has 27 heavy (non-hydrogen) atoms. The van der Waals surface area contributed by atoms with E-state index in [-0.39, 0.29) is 0 Å². The van der Waals surface area contributed by atoms with Crippen molar-refractivity contribution in [3.63, 3.8) is 0 Å². The first-order chi connectivity index (χ1) is 12.9. The zero-order chi connectivity index (χ0) is 19.6. The second kappa shape index (κ2) is 9.51. The molecule has 0 unspecified atom stereocenters. The molecule has 0 aliphatic heterocycles. The van der Waals surface area contributed by atoms with Crippen molar-refractivity contribution < 1.29 is 0 Å². The van der Waals surface area contributed by atoms with Crippen LogP contribution in [0.3, 0.4) is 0 Å². The monoisotopic (exact) mass is 430 g/mol. The molecule has 3 rings (SSSR count). The van der Waals surface area contributed by atoms with Gasteiger partial charge in [0, 0.05) is 0 Å². The van der Waals surface area contributed by atoms with Crippen molar-refractivity contribution in [1.82, 2.24) is 0 Å². The summed E-state index contributed by atoms with van der Waals surface area (Å²) >= 11 is -1.70. The molecule has 2 saturated carbocycles. The summed E-state index contributed by atoms with van der Waals surface area (Å²) in [7, 11) is 0. The molecule has 0 spiro atoms. The fraction of sp³-hybridized carbons (Fsp3) is 0.769. The molecule has 0 heterocycles. The van der Waals surface area contributed by atoms with Gasteiger partial charge in [-0.25, -0.2) is 0 Å². The Kier molecular flexibility index (Phi) is 7.56. The number of hydrogen-bond acceptors (Lipinski definition) is 0. The van der Waals surface area contributed by atoms with Gasteiger partial charge in [-0.15, -0.1) is 0 Å². The van der Waals surface area contributed by atoms with Crippen LogP contribution in [0.2, 0.25) is 9.50 Å². The van der Waals surface area contributed by atoms with Gasteiger partial charge in [0.05, 0.1) is 0 Å². The molecule has 0 bridgehead atoms. The average Bonchev–Trinajstić information content (AvgIpc) is 2.62. The molecule has 1 aromatic rings. The molecular formula is C26H44Ge. The summed E-state index contributed by atoms with van der Waals surface area (Å²) in [5, 5.41) is 0. The number of benzene rings is 1. The second-order valence-electron chi connectivity index (χ2n) is 10.9. The van der Waals surface area contributed by atoms with Gasteiger partial charge in [-0.3, -0.25) is 0 Å². The minimum atomic E-state index is -1.70. The topological polar surface area (TPSA) is 0 Å². The minimum absolute atomic E-state index is 0.859. The number of hydrogen-bond donors (Lipinski definition) is 0. The van der Waals surface area contributed by atoms with E-state index < -0.39 is 14.3 Å². The fourth-order valence-electron chi connectivity index (χ4n) is 6.87. The van der Waals surface area contributed by atoms with E-state index in [1.807, 2.05) is 4.40 Å². The van der Waals surface area contributed by atoms with Crippen molar-refractivity contribution in [2.24, 2.45) is 35.5 Å². The quantitative estimate of drug-likeness (QED) is 0.440. The molecule has 0 nitrogen and oxygen atoms in total. The van der Waals surface area contributed by atoms with Crippen LogP contribution < -0.4 is 4.40 Å². The van der Waals surface area contributed by atoms with E-state index in [2.05, 4.69) is 71.9 Å². The van der Waals surface area contributed by atoms with Gasteiger partial charge in [-0.1, -0.05) is 0 Å². The predicted octanol–water partition coefficient (Wildman–Crippen LogP) is 7.05. The SMILES string of the molecule is CC(C)[C@@H]1CC[C@@H](C)C[C@H]1[GeH]([c]1ccccc1)[C@@H]1C[C@H](C)CC[C@H]1C(C)C. The van der Waals surface area contributed by atoms with Gasteiger partial charge < -0.3 is 0 Å². The van der Waals surface area contributed by atoms with E-state index in [9.17, 15) is 0 Å². The van der Waals surface area contributed by atoms with E-state index >= 15 is 0 Å². The molecule has 1 heteroatoms. The van der Waals surface area contributed by atoms with Gasteiger partial charge in [0.25, 0.3) is 0 Å². The molecule has 0 N–H and O–H groups in total. The molecule has 2 fully saturated rings. The van der Waals surface area contributed by atoms with Crippen LogP contribution in [0.1, 0.15) is 80.1 Å². The van der Waals surface area contributed by atoms with Crippen LogP contribution in [0.15, 0.2) is 30.3 Å². The van der Waals surface area contributed by atoms with Crippen LogP contribution >= 0.6 is 0 Å². The third-order valence-electron chi connectivity index (χ3n) is 8.25. The average molecular weight is 429 g/mol. The van der Waals surface area contributed by atoms with E-state index in [1.54, 1.807) is 0 Å². The van der Waals surface area contributed by atoms with Crippen molar-refractivity contribution >= 4 is 18.7 Å². The van der Waals surface area contributed by atoms with Crippen LogP contribution in [0, 0.1) is 35.5 Å². The van der Waals surface area contributed by atoms with E-state index in [4.69, 9.17) is 0 Å². The molecule has 2 aliphatic rings. The zero-order valence-corrected chi connectivity index (χ0v) is 21.2. The van der Waals surface area contributed by atoms with Crippen LogP contribution in [0.25, 0.3) is 0 Å². The van der Waals surface area contributed by atoms with Gasteiger partial charge >= 0.3 is 174 Å². The Bertz CT molecular complexity index is 531. The molecule has 0 aromatic heterocycles. The van der Waals surface area contributed by atoms with Gasteiger partial charge in [0.1, 0.15) is 0 Å². The summed E-state index contributed by atoms with van der Waals surface area (Å²) in [5.41, 5.74) is 0. The Morgan fingerprint density at radius 1 is 0.704 bits per heavy atom. The summed E-state index contributed by atoms with van der Waals surface area (Å²) in [5.74, 6) is 5.57. The molecule has 2 aliphatic carbocycles. The second-order valence-corrected chi connectivity index (χ2v) is 18.1. The molecule has 1 aromatic carbocycles. The first-order valence-corrected chi connectivity index (χ1v) is 15.9. The Morgan fingerprint density at radius 3 is 1.56 bits per heavy atom. The van der Waals surface area contributed by atoms with E-state index in [1.165, 1.54) is 38.5 Å². The van der Waals surface area contributed by atoms with Gasteiger partial charge in [-0.2, -0.15) is 0 Å². The van der Waals surface area contributed by atoms with Crippen molar-refractivity contribution in [2.75, 3.05) is 0 Å². The normalized spacial score (nSPS) is 35.1. The molecule has 0 saturated heterocycles. The molecule has 0 radical (unpaired) electrons. The summed E-state index contributed by atoms with van der Waals surface area (Å²) in [6.45, 7) is 15.1. The van der Waals surface area contributed by atoms with Crippen molar-refractivity contribution in [1.29, 1.82) is 0 Å². The zero-order valence-electron chi connectivity index (χ0n) is 18.8. The van der Waals surface area contributed by atoms with E-state index in [0.29, 0.717) is 0 Å². The van der Waals surface area contributed by atoms with Crippen molar-refractivity contribution in [2.45, 2.75) is 89.6 Å². The Balaban J connectivity index is 2.02. The maximum atomic E-state index is 2.54. The Morgan fingerprint density at radius 2 is 1.15 bits per heavy atom. The summed E-state index contributed by atoms with van der Waals surface area (Å²) in [4.78, 5) is 0. The standard InChI is InChI=1S/C26H44Ge/c1-18(2)23-14-12-20(5)16-25(23)27(22-10-8-7-9-11-22)26-17-21(6)13-15-24(26)19(3)4/h7-11,18-21,23-27H,12-17H2,1-6H3/t20-,21-,23+,24+,25-,26-/m1/s1. The summed E-state index contributed by atoms with van der Waals surface area (Å²) in [6.07, 6.45) is 8.98. The van der Waals surface area contributed by atoms with Crippen LogP contribution in [0.5, 0.6) is 0 Å². The van der Waals surface area contributed by atoms with Gasteiger partial charge in [0.2, 0.25) is 0 Å². The third kappa shape index (κ3) is 5.03. The molecule has 6 atom stereocenters. The fourth-order valence-corrected chi connectivity index (χ4v) is 19.8. The van der Waals surface area contributed by atoms with Crippen LogP contribution in [-0.4, -0.2) is 14.3 Å². The van der Waals surface area contributed by atoms with Gasteiger partial charge in [0.15, 0.2) is 0 Å². The first kappa shape index (κ1) is 21.5. The Labute approximate surface area is 174 Å². The van der Waals surface area contributed by atoms with Crippen molar-refractivity contribution in [3.05, 3.63) is 30.3 Å². The summed E-state index contributed by atoms with van der Waals surface area (Å²) in [6, 6.07) is 12.0. The molecular weight excluding hydrogens is 385 g/mol. The third-order valence-corrected chi connectivity index (χ3v) is 17.8. The van der Waals surface area contributed by atoms with Crippen LogP contribution in [-0.2, 0) is 0 Å². The van der Waals surface area contributed by atoms with Crippen LogP contribution in [0.4, 0.5) is 0 Å². The molecule has 0 amide bonds. The summed E-state index contributed by atoms with van der Waals surface area (Å²) < 4.78 is 3.94. The first-order valence-electron chi connectivity index (χ1n) is 11.9. The molecule has 152 valence electrons. The van der Waals surface area contributed by atoms with E-state index in [0.717, 1.165) is 45.0 Å². The Hall–Kier alpha value is -0.237. The predicted molar refractivity (Wildman–Crippen MR) is 123 cm³/mol.